The average molecular weight is 282 g/mol. The van der Waals surface area contributed by atoms with Crippen molar-refractivity contribution < 1.29 is 23.1 Å². The summed E-state index contributed by atoms with van der Waals surface area (Å²) in [5.74, 6) is -1.96. The number of aryl methyl sites for hydroxylation is 1. The van der Waals surface area contributed by atoms with Gasteiger partial charge >= 0.3 is 12.1 Å². The minimum atomic E-state index is -4.87. The van der Waals surface area contributed by atoms with Crippen molar-refractivity contribution in [3.05, 3.63) is 16.1 Å². The molecular formula is C10H13F3N2O2S. The first-order valence-corrected chi connectivity index (χ1v) is 6.07. The third kappa shape index (κ3) is 2.99. The molecule has 1 rings (SSSR count). The van der Waals surface area contributed by atoms with E-state index in [1.165, 1.54) is 11.3 Å². The first-order valence-electron chi connectivity index (χ1n) is 5.19. The molecule has 0 aliphatic heterocycles. The van der Waals surface area contributed by atoms with Crippen molar-refractivity contribution in [3.63, 3.8) is 0 Å². The maximum Gasteiger partial charge on any atom is 0.417 e. The highest BCUT2D eigenvalue weighted by atomic mass is 32.1. The van der Waals surface area contributed by atoms with Crippen LogP contribution in [0.25, 0.3) is 0 Å². The molecule has 0 aliphatic carbocycles. The summed E-state index contributed by atoms with van der Waals surface area (Å²) in [4.78, 5) is 14.8. The van der Waals surface area contributed by atoms with E-state index in [0.29, 0.717) is 19.0 Å². The first-order chi connectivity index (χ1) is 8.20. The maximum atomic E-state index is 12.7. The van der Waals surface area contributed by atoms with E-state index in [1.807, 2.05) is 12.2 Å². The van der Waals surface area contributed by atoms with Crippen molar-refractivity contribution in [2.24, 2.45) is 0 Å². The number of carbonyl (C=O) groups is 1. The number of hydrogen-bond donors (Lipinski definition) is 2. The molecule has 102 valence electrons. The lowest BCUT2D eigenvalue weighted by Gasteiger charge is -2.28. The number of nitrogens with zero attached hydrogens (tertiary/aromatic N) is 1. The van der Waals surface area contributed by atoms with Gasteiger partial charge in [0.1, 0.15) is 0 Å². The van der Waals surface area contributed by atoms with Gasteiger partial charge in [-0.2, -0.15) is 13.2 Å². The third-order valence-electron chi connectivity index (χ3n) is 2.52. The molecule has 2 N–H and O–H groups in total. The normalized spacial score (nSPS) is 15.4. The second kappa shape index (κ2) is 5.23. The van der Waals surface area contributed by atoms with Crippen LogP contribution in [-0.4, -0.2) is 27.8 Å². The Morgan fingerprint density at radius 2 is 2.17 bits per heavy atom. The Labute approximate surface area is 106 Å². The number of rotatable bonds is 5. The molecule has 0 amide bonds. The smallest absolute Gasteiger partial charge is 0.417 e. The molecule has 1 heterocycles. The van der Waals surface area contributed by atoms with Crippen LogP contribution in [0.15, 0.2) is 5.38 Å². The number of aromatic nitrogens is 1. The van der Waals surface area contributed by atoms with E-state index in [1.54, 1.807) is 5.38 Å². The van der Waals surface area contributed by atoms with Crippen LogP contribution in [0.5, 0.6) is 0 Å². The van der Waals surface area contributed by atoms with Crippen molar-refractivity contribution >= 4 is 17.3 Å². The van der Waals surface area contributed by atoms with Crippen LogP contribution in [0.1, 0.15) is 24.5 Å². The predicted octanol–water partition coefficient (Wildman–Crippen LogP) is 2.20. The van der Waals surface area contributed by atoms with Crippen LogP contribution < -0.4 is 5.32 Å². The van der Waals surface area contributed by atoms with Crippen molar-refractivity contribution in [1.82, 2.24) is 10.3 Å². The number of carboxylic acid groups (broad SMARTS) is 1. The van der Waals surface area contributed by atoms with Crippen LogP contribution in [0.4, 0.5) is 13.2 Å². The van der Waals surface area contributed by atoms with Gasteiger partial charge < -0.3 is 5.11 Å². The van der Waals surface area contributed by atoms with Crippen LogP contribution in [0.2, 0.25) is 0 Å². The largest absolute Gasteiger partial charge is 0.480 e. The predicted molar refractivity (Wildman–Crippen MR) is 60.4 cm³/mol. The molecule has 1 aromatic heterocycles. The highest BCUT2D eigenvalue weighted by Crippen LogP contribution is 2.30. The highest BCUT2D eigenvalue weighted by molar-refractivity contribution is 7.09. The lowest BCUT2D eigenvalue weighted by molar-refractivity contribution is -0.206. The van der Waals surface area contributed by atoms with Crippen LogP contribution in [-0.2, 0) is 17.8 Å². The maximum absolute atomic E-state index is 12.7. The van der Waals surface area contributed by atoms with Crippen molar-refractivity contribution in [2.45, 2.75) is 38.5 Å². The number of nitrogens with one attached hydrogen (secondary N) is 1. The second-order valence-corrected chi connectivity index (χ2v) is 4.81. The Bertz CT molecular complexity index is 433. The summed E-state index contributed by atoms with van der Waals surface area (Å²) < 4.78 is 38.0. The third-order valence-corrected chi connectivity index (χ3v) is 3.56. The van der Waals surface area contributed by atoms with Gasteiger partial charge in [0.15, 0.2) is 0 Å². The first kappa shape index (κ1) is 14.9. The van der Waals surface area contributed by atoms with E-state index in [-0.39, 0.29) is 6.54 Å². The molecule has 4 nitrogen and oxygen atoms in total. The molecule has 0 radical (unpaired) electrons. The molecule has 0 saturated carbocycles. The molecule has 0 aromatic carbocycles. The minimum absolute atomic E-state index is 0.237. The van der Waals surface area contributed by atoms with Gasteiger partial charge in [-0.25, -0.2) is 9.78 Å². The van der Waals surface area contributed by atoms with E-state index < -0.39 is 17.7 Å². The molecule has 0 aliphatic rings. The van der Waals surface area contributed by atoms with Gasteiger partial charge in [-0.3, -0.25) is 5.32 Å². The summed E-state index contributed by atoms with van der Waals surface area (Å²) >= 11 is 1.34. The van der Waals surface area contributed by atoms with Gasteiger partial charge in [-0.15, -0.1) is 11.3 Å². The Morgan fingerprint density at radius 1 is 1.56 bits per heavy atom. The Morgan fingerprint density at radius 3 is 2.56 bits per heavy atom. The Hall–Kier alpha value is -1.15. The summed E-state index contributed by atoms with van der Waals surface area (Å²) in [5.41, 5.74) is -2.56. The number of hydrogen-bond acceptors (Lipinski definition) is 4. The summed E-state index contributed by atoms with van der Waals surface area (Å²) in [7, 11) is 0. The van der Waals surface area contributed by atoms with Gasteiger partial charge in [0.2, 0.25) is 5.54 Å². The highest BCUT2D eigenvalue weighted by Gasteiger charge is 2.57. The van der Waals surface area contributed by atoms with Crippen molar-refractivity contribution in [3.8, 4) is 0 Å². The van der Waals surface area contributed by atoms with Gasteiger partial charge in [0.25, 0.3) is 0 Å². The average Bonchev–Trinajstić information content (AvgIpc) is 2.71. The fourth-order valence-corrected chi connectivity index (χ4v) is 1.90. The molecule has 0 spiro atoms. The SMILES string of the molecule is CCc1nc(CNC(C)(C(=O)O)C(F)(F)F)cs1. The molecule has 1 atom stereocenters. The Kier molecular flexibility index (Phi) is 4.33. The quantitative estimate of drug-likeness (QED) is 0.869. The molecule has 8 heteroatoms. The van der Waals surface area contributed by atoms with Gasteiger partial charge in [0.05, 0.1) is 10.7 Å². The number of aliphatic carboxylic acids is 1. The fraction of sp³-hybridized carbons (Fsp3) is 0.600. The van der Waals surface area contributed by atoms with E-state index in [9.17, 15) is 18.0 Å². The molecular weight excluding hydrogens is 269 g/mol. The molecule has 0 saturated heterocycles. The standard InChI is InChI=1S/C10H13F3N2O2S/c1-3-7-15-6(5-18-7)4-14-9(2,8(16)17)10(11,12)13/h5,14H,3-4H2,1-2H3,(H,16,17). The number of thiazole rings is 1. The van der Waals surface area contributed by atoms with Crippen LogP contribution >= 0.6 is 11.3 Å². The van der Waals surface area contributed by atoms with Crippen molar-refractivity contribution in [1.29, 1.82) is 0 Å². The molecule has 0 bridgehead atoms. The summed E-state index contributed by atoms with van der Waals surface area (Å²) in [6.45, 7) is 2.24. The van der Waals surface area contributed by atoms with E-state index in [4.69, 9.17) is 5.11 Å². The zero-order chi connectivity index (χ0) is 14.0. The van der Waals surface area contributed by atoms with Gasteiger partial charge in [-0.05, 0) is 13.3 Å². The lowest BCUT2D eigenvalue weighted by atomic mass is 10.0. The topological polar surface area (TPSA) is 62.2 Å². The summed E-state index contributed by atoms with van der Waals surface area (Å²) in [5, 5.41) is 13.1. The number of halogens is 3. The monoisotopic (exact) mass is 282 g/mol. The summed E-state index contributed by atoms with van der Waals surface area (Å²) in [6, 6.07) is 0. The summed E-state index contributed by atoms with van der Waals surface area (Å²) in [6.07, 6.45) is -4.18. The van der Waals surface area contributed by atoms with E-state index in [2.05, 4.69) is 4.98 Å². The number of carboxylic acids is 1. The van der Waals surface area contributed by atoms with E-state index in [0.717, 1.165) is 5.01 Å². The molecule has 0 fully saturated rings. The number of alkyl halides is 3. The van der Waals surface area contributed by atoms with Crippen molar-refractivity contribution in [2.75, 3.05) is 0 Å². The van der Waals surface area contributed by atoms with Crippen LogP contribution in [0.3, 0.4) is 0 Å². The second-order valence-electron chi connectivity index (χ2n) is 3.87. The van der Waals surface area contributed by atoms with E-state index >= 15 is 0 Å². The Balaban J connectivity index is 2.78. The fourth-order valence-electron chi connectivity index (χ4n) is 1.16. The lowest BCUT2D eigenvalue weighted by Crippen LogP contribution is -2.59. The van der Waals surface area contributed by atoms with Gasteiger partial charge in [-0.1, -0.05) is 6.92 Å². The molecule has 18 heavy (non-hydrogen) atoms. The molecule has 1 unspecified atom stereocenters. The van der Waals surface area contributed by atoms with Gasteiger partial charge in [0, 0.05) is 11.9 Å². The van der Waals surface area contributed by atoms with Crippen LogP contribution in [0, 0.1) is 0 Å². The minimum Gasteiger partial charge on any atom is -0.480 e. The zero-order valence-electron chi connectivity index (χ0n) is 9.84. The zero-order valence-corrected chi connectivity index (χ0v) is 10.7. The molecule has 1 aromatic rings.